The summed E-state index contributed by atoms with van der Waals surface area (Å²) in [5.41, 5.74) is 0.729. The van der Waals surface area contributed by atoms with E-state index in [1.165, 1.54) is 44.5 Å². The molecule has 0 aromatic heterocycles. The van der Waals surface area contributed by atoms with E-state index in [4.69, 9.17) is 0 Å². The van der Waals surface area contributed by atoms with E-state index in [2.05, 4.69) is 18.5 Å². The Morgan fingerprint density at radius 3 is 2.67 bits per heavy atom. The van der Waals surface area contributed by atoms with Crippen LogP contribution in [0.1, 0.15) is 32.6 Å². The van der Waals surface area contributed by atoms with Gasteiger partial charge in [-0.15, -0.1) is 0 Å². The summed E-state index contributed by atoms with van der Waals surface area (Å²) in [4.78, 5) is 0. The molecule has 0 radical (unpaired) electrons. The van der Waals surface area contributed by atoms with Crippen molar-refractivity contribution in [1.29, 1.82) is 0 Å². The maximum atomic E-state index is 3.55. The molecule has 1 fully saturated rings. The predicted molar refractivity (Wildman–Crippen MR) is 57.8 cm³/mol. The Morgan fingerprint density at radius 2 is 2.17 bits per heavy atom. The first kappa shape index (κ1) is 10.4. The van der Waals surface area contributed by atoms with Gasteiger partial charge in [0.05, 0.1) is 0 Å². The number of hydrogen-bond acceptors (Lipinski definition) is 2. The van der Waals surface area contributed by atoms with Crippen LogP contribution in [0.5, 0.6) is 0 Å². The van der Waals surface area contributed by atoms with E-state index in [1.807, 2.05) is 11.8 Å². The highest BCUT2D eigenvalue weighted by Crippen LogP contribution is 2.48. The summed E-state index contributed by atoms with van der Waals surface area (Å²) in [6, 6.07) is 0. The molecule has 0 aromatic rings. The van der Waals surface area contributed by atoms with Crippen molar-refractivity contribution in [3.05, 3.63) is 0 Å². The molecule has 0 atom stereocenters. The van der Waals surface area contributed by atoms with E-state index in [-0.39, 0.29) is 0 Å². The Kier molecular flexibility index (Phi) is 4.44. The smallest absolute Gasteiger partial charge is 0.00553 e. The molecule has 1 saturated carbocycles. The molecule has 72 valence electrons. The maximum Gasteiger partial charge on any atom is 0.00553 e. The SMILES string of the molecule is CCCC1(CNCCSC)CC1. The van der Waals surface area contributed by atoms with Crippen molar-refractivity contribution < 1.29 is 0 Å². The number of thioether (sulfide) groups is 1. The topological polar surface area (TPSA) is 12.0 Å². The van der Waals surface area contributed by atoms with Crippen LogP contribution in [0.15, 0.2) is 0 Å². The van der Waals surface area contributed by atoms with Crippen molar-refractivity contribution in [2.75, 3.05) is 25.1 Å². The lowest BCUT2D eigenvalue weighted by atomic mass is 10.0. The normalized spacial score (nSPS) is 19.5. The van der Waals surface area contributed by atoms with Crippen LogP contribution in [0.4, 0.5) is 0 Å². The van der Waals surface area contributed by atoms with Crippen LogP contribution in [0, 0.1) is 5.41 Å². The van der Waals surface area contributed by atoms with Crippen LogP contribution in [-0.2, 0) is 0 Å². The van der Waals surface area contributed by atoms with Crippen molar-refractivity contribution in [2.24, 2.45) is 5.41 Å². The van der Waals surface area contributed by atoms with Crippen molar-refractivity contribution in [2.45, 2.75) is 32.6 Å². The summed E-state index contributed by atoms with van der Waals surface area (Å²) in [5.74, 6) is 1.25. The zero-order valence-electron chi connectivity index (χ0n) is 8.36. The van der Waals surface area contributed by atoms with Crippen molar-refractivity contribution in [3.63, 3.8) is 0 Å². The number of nitrogens with one attached hydrogen (secondary N) is 1. The minimum atomic E-state index is 0.729. The number of hydrogen-bond donors (Lipinski definition) is 1. The predicted octanol–water partition coefficient (Wildman–Crippen LogP) is 2.52. The van der Waals surface area contributed by atoms with Gasteiger partial charge in [-0.1, -0.05) is 13.3 Å². The first-order valence-corrected chi connectivity index (χ1v) is 6.42. The highest BCUT2D eigenvalue weighted by molar-refractivity contribution is 7.98. The van der Waals surface area contributed by atoms with Gasteiger partial charge < -0.3 is 5.32 Å². The van der Waals surface area contributed by atoms with Crippen LogP contribution < -0.4 is 5.32 Å². The second-order valence-corrected chi connectivity index (χ2v) is 4.91. The van der Waals surface area contributed by atoms with Gasteiger partial charge >= 0.3 is 0 Å². The van der Waals surface area contributed by atoms with Gasteiger partial charge in [0.25, 0.3) is 0 Å². The first-order chi connectivity index (χ1) is 5.83. The lowest BCUT2D eigenvalue weighted by molar-refractivity contribution is 0.428. The minimum absolute atomic E-state index is 0.729. The lowest BCUT2D eigenvalue weighted by Gasteiger charge is -2.14. The fraction of sp³-hybridized carbons (Fsp3) is 1.00. The number of rotatable bonds is 7. The monoisotopic (exact) mass is 187 g/mol. The van der Waals surface area contributed by atoms with Crippen molar-refractivity contribution in [3.8, 4) is 0 Å². The first-order valence-electron chi connectivity index (χ1n) is 5.03. The molecule has 0 unspecified atom stereocenters. The molecule has 0 bridgehead atoms. The summed E-state index contributed by atoms with van der Waals surface area (Å²) in [5, 5.41) is 3.55. The third kappa shape index (κ3) is 3.36. The van der Waals surface area contributed by atoms with E-state index < -0.39 is 0 Å². The minimum Gasteiger partial charge on any atom is -0.315 e. The Bertz CT molecular complexity index is 121. The van der Waals surface area contributed by atoms with Crippen LogP contribution in [-0.4, -0.2) is 25.1 Å². The van der Waals surface area contributed by atoms with Gasteiger partial charge in [0.1, 0.15) is 0 Å². The zero-order chi connectivity index (χ0) is 8.86. The van der Waals surface area contributed by atoms with Gasteiger partial charge in [0, 0.05) is 18.8 Å². The molecule has 0 spiro atoms. The zero-order valence-corrected chi connectivity index (χ0v) is 9.17. The quantitative estimate of drug-likeness (QED) is 0.615. The van der Waals surface area contributed by atoms with Gasteiger partial charge in [-0.3, -0.25) is 0 Å². The molecule has 0 aliphatic heterocycles. The fourth-order valence-corrected chi connectivity index (χ4v) is 2.10. The molecule has 12 heavy (non-hydrogen) atoms. The molecule has 1 nitrogen and oxygen atoms in total. The highest BCUT2D eigenvalue weighted by Gasteiger charge is 2.40. The van der Waals surface area contributed by atoms with E-state index in [9.17, 15) is 0 Å². The Labute approximate surface area is 80.7 Å². The highest BCUT2D eigenvalue weighted by atomic mass is 32.2. The second-order valence-electron chi connectivity index (χ2n) is 3.92. The molecule has 0 saturated heterocycles. The molecule has 0 amide bonds. The van der Waals surface area contributed by atoms with Crippen LogP contribution in [0.3, 0.4) is 0 Å². The lowest BCUT2D eigenvalue weighted by Crippen LogP contribution is -2.25. The Hall–Kier alpha value is 0.310. The molecule has 2 heteroatoms. The van der Waals surface area contributed by atoms with E-state index in [0.717, 1.165) is 5.41 Å². The van der Waals surface area contributed by atoms with Crippen LogP contribution >= 0.6 is 11.8 Å². The summed E-state index contributed by atoms with van der Waals surface area (Å²) >= 11 is 1.92. The molecule has 1 aliphatic carbocycles. The molecular formula is C10H21NS. The van der Waals surface area contributed by atoms with Gasteiger partial charge in [0.15, 0.2) is 0 Å². The van der Waals surface area contributed by atoms with Gasteiger partial charge in [-0.2, -0.15) is 11.8 Å². The van der Waals surface area contributed by atoms with Crippen LogP contribution in [0.2, 0.25) is 0 Å². The standard InChI is InChI=1S/C10H21NS/c1-3-4-10(5-6-10)9-11-7-8-12-2/h11H,3-9H2,1-2H3. The van der Waals surface area contributed by atoms with E-state index in [0.29, 0.717) is 0 Å². The van der Waals surface area contributed by atoms with Crippen molar-refractivity contribution in [1.82, 2.24) is 5.32 Å². The maximum absolute atomic E-state index is 3.55. The summed E-state index contributed by atoms with van der Waals surface area (Å²) in [7, 11) is 0. The van der Waals surface area contributed by atoms with E-state index >= 15 is 0 Å². The fourth-order valence-electron chi connectivity index (χ4n) is 1.75. The van der Waals surface area contributed by atoms with Gasteiger partial charge in [-0.05, 0) is 30.9 Å². The largest absolute Gasteiger partial charge is 0.315 e. The third-order valence-electron chi connectivity index (χ3n) is 2.72. The molecule has 0 aromatic carbocycles. The molecule has 1 N–H and O–H groups in total. The summed E-state index contributed by atoms with van der Waals surface area (Å²) in [6.45, 7) is 4.75. The molecule has 0 heterocycles. The Balaban J connectivity index is 1.98. The summed E-state index contributed by atoms with van der Waals surface area (Å²) in [6.07, 6.45) is 7.88. The second kappa shape index (κ2) is 5.13. The third-order valence-corrected chi connectivity index (χ3v) is 3.33. The average molecular weight is 187 g/mol. The van der Waals surface area contributed by atoms with Crippen molar-refractivity contribution >= 4 is 11.8 Å². The Morgan fingerprint density at radius 1 is 1.42 bits per heavy atom. The summed E-state index contributed by atoms with van der Waals surface area (Å²) < 4.78 is 0. The molecule has 1 rings (SSSR count). The molecule has 1 aliphatic rings. The van der Waals surface area contributed by atoms with E-state index in [1.54, 1.807) is 0 Å². The molecular weight excluding hydrogens is 166 g/mol. The van der Waals surface area contributed by atoms with Gasteiger partial charge in [0.2, 0.25) is 0 Å². The van der Waals surface area contributed by atoms with Crippen LogP contribution in [0.25, 0.3) is 0 Å². The van der Waals surface area contributed by atoms with Gasteiger partial charge in [-0.25, -0.2) is 0 Å². The average Bonchev–Trinajstić information content (AvgIpc) is 2.81.